The van der Waals surface area contributed by atoms with E-state index < -0.39 is 23.5 Å². The average Bonchev–Trinajstić information content (AvgIpc) is 2.72. The van der Waals surface area contributed by atoms with E-state index in [0.29, 0.717) is 50.0 Å². The molecule has 0 bridgehead atoms. The van der Waals surface area contributed by atoms with Gasteiger partial charge in [-0.2, -0.15) is 0 Å². The summed E-state index contributed by atoms with van der Waals surface area (Å²) in [7, 11) is 0. The topological polar surface area (TPSA) is 70.7 Å². The normalized spacial score (nSPS) is 21.3. The third kappa shape index (κ3) is 4.92. The van der Waals surface area contributed by atoms with Gasteiger partial charge in [0.25, 0.3) is 0 Å². The predicted octanol–water partition coefficient (Wildman–Crippen LogP) is 4.39. The van der Waals surface area contributed by atoms with Crippen LogP contribution in [-0.2, 0) is 4.79 Å². The zero-order valence-electron chi connectivity index (χ0n) is 16.7. The maximum atomic E-state index is 13.9. The molecule has 0 spiro atoms. The lowest BCUT2D eigenvalue weighted by Gasteiger charge is -2.39. The molecule has 0 radical (unpaired) electrons. The lowest BCUT2D eigenvalue weighted by atomic mass is 9.81. The highest BCUT2D eigenvalue weighted by Gasteiger charge is 2.33. The lowest BCUT2D eigenvalue weighted by Crippen LogP contribution is -2.46. The van der Waals surface area contributed by atoms with Crippen molar-refractivity contribution in [1.82, 2.24) is 4.90 Å². The van der Waals surface area contributed by atoms with Gasteiger partial charge in [-0.15, -0.1) is 0 Å². The van der Waals surface area contributed by atoms with Crippen LogP contribution in [0.15, 0.2) is 36.4 Å². The van der Waals surface area contributed by atoms with Crippen molar-refractivity contribution in [2.75, 3.05) is 30.3 Å². The molecule has 4 rings (SSSR count). The highest BCUT2D eigenvalue weighted by atomic mass is 19.1. The summed E-state index contributed by atoms with van der Waals surface area (Å²) in [5, 5.41) is 5.19. The van der Waals surface area contributed by atoms with Crippen LogP contribution in [0.5, 0.6) is 5.75 Å². The maximum absolute atomic E-state index is 13.9. The number of fused-ring (bicyclic) bond motifs is 2. The molecule has 3 amide bonds. The predicted molar refractivity (Wildman–Crippen MR) is 108 cm³/mol. The molecule has 2 aromatic carbocycles. The standard InChI is InChI=1S/C22H22F3N3O3/c23-15-1-3-18(17(25)10-15)27-22(30)28-7-5-13-9-21(29)26-19-11-16(24)2-4-20(19)31-8-6-14(13)12-28/h1-4,10-11,13-14H,5-9,12H2,(H,26,29)(H,27,30)/t13-,14-/m0/s1. The van der Waals surface area contributed by atoms with Crippen LogP contribution >= 0.6 is 0 Å². The highest BCUT2D eigenvalue weighted by molar-refractivity contribution is 5.92. The minimum absolute atomic E-state index is 0.00492. The van der Waals surface area contributed by atoms with E-state index in [1.165, 1.54) is 24.3 Å². The first-order valence-corrected chi connectivity index (χ1v) is 10.1. The molecule has 2 aromatic rings. The van der Waals surface area contributed by atoms with Crippen molar-refractivity contribution in [2.45, 2.75) is 19.3 Å². The summed E-state index contributed by atoms with van der Waals surface area (Å²) in [5.41, 5.74) is 0.215. The third-order valence-corrected chi connectivity index (χ3v) is 5.76. The molecule has 0 saturated carbocycles. The van der Waals surface area contributed by atoms with Gasteiger partial charge in [-0.3, -0.25) is 4.79 Å². The van der Waals surface area contributed by atoms with Gasteiger partial charge in [0.2, 0.25) is 5.91 Å². The van der Waals surface area contributed by atoms with E-state index >= 15 is 0 Å². The molecule has 6 nitrogen and oxygen atoms in total. The summed E-state index contributed by atoms with van der Waals surface area (Å²) in [6.45, 7) is 1.12. The molecule has 2 aliphatic heterocycles. The number of likely N-dealkylation sites (tertiary alicyclic amines) is 1. The van der Waals surface area contributed by atoms with E-state index in [2.05, 4.69) is 10.6 Å². The third-order valence-electron chi connectivity index (χ3n) is 5.76. The summed E-state index contributed by atoms with van der Waals surface area (Å²) in [5.74, 6) is -1.84. The van der Waals surface area contributed by atoms with Gasteiger partial charge in [0, 0.05) is 31.6 Å². The second kappa shape index (κ2) is 8.87. The van der Waals surface area contributed by atoms with Gasteiger partial charge in [-0.05, 0) is 48.9 Å². The van der Waals surface area contributed by atoms with E-state index in [0.717, 1.165) is 6.07 Å². The molecular formula is C22H22F3N3O3. The van der Waals surface area contributed by atoms with E-state index in [1.807, 2.05) is 0 Å². The lowest BCUT2D eigenvalue weighted by molar-refractivity contribution is -0.118. The molecule has 1 saturated heterocycles. The van der Waals surface area contributed by atoms with Gasteiger partial charge in [0.15, 0.2) is 0 Å². The van der Waals surface area contributed by atoms with Gasteiger partial charge in [0.05, 0.1) is 18.0 Å². The van der Waals surface area contributed by atoms with Crippen LogP contribution in [0, 0.1) is 29.3 Å². The number of benzene rings is 2. The SMILES string of the molecule is O=C1C[C@@H]2CCN(C(=O)Nc3ccc(F)cc3F)C[C@@H]2CCOc2ccc(F)cc2N1. The second-order valence-corrected chi connectivity index (χ2v) is 7.84. The van der Waals surface area contributed by atoms with Crippen LogP contribution in [0.2, 0.25) is 0 Å². The van der Waals surface area contributed by atoms with E-state index in [-0.39, 0.29) is 29.9 Å². The Hall–Kier alpha value is -3.23. The van der Waals surface area contributed by atoms with Gasteiger partial charge >= 0.3 is 6.03 Å². The minimum Gasteiger partial charge on any atom is -0.491 e. The van der Waals surface area contributed by atoms with Crippen LogP contribution in [0.3, 0.4) is 0 Å². The molecule has 9 heteroatoms. The van der Waals surface area contributed by atoms with Crippen LogP contribution < -0.4 is 15.4 Å². The largest absolute Gasteiger partial charge is 0.491 e. The molecule has 0 aliphatic carbocycles. The molecule has 0 aromatic heterocycles. The molecule has 2 aliphatic rings. The van der Waals surface area contributed by atoms with Crippen molar-refractivity contribution in [1.29, 1.82) is 0 Å². The summed E-state index contributed by atoms with van der Waals surface area (Å²) in [6, 6.07) is 6.45. The number of carbonyl (C=O) groups is 2. The Labute approximate surface area is 177 Å². The van der Waals surface area contributed by atoms with Crippen molar-refractivity contribution >= 4 is 23.3 Å². The van der Waals surface area contributed by atoms with Gasteiger partial charge in [-0.25, -0.2) is 18.0 Å². The van der Waals surface area contributed by atoms with E-state index in [1.54, 1.807) is 4.90 Å². The molecule has 2 N–H and O–H groups in total. The Kier molecular flexibility index (Phi) is 6.01. The van der Waals surface area contributed by atoms with Crippen LogP contribution in [0.25, 0.3) is 0 Å². The summed E-state index contributed by atoms with van der Waals surface area (Å²) in [6.07, 6.45) is 1.44. The first-order chi connectivity index (χ1) is 14.9. The number of nitrogens with zero attached hydrogens (tertiary/aromatic N) is 1. The molecule has 0 unspecified atom stereocenters. The zero-order chi connectivity index (χ0) is 22.0. The molecule has 2 heterocycles. The number of nitrogens with one attached hydrogen (secondary N) is 2. The Morgan fingerprint density at radius 2 is 1.84 bits per heavy atom. The molecular weight excluding hydrogens is 411 g/mol. The van der Waals surface area contributed by atoms with Gasteiger partial charge < -0.3 is 20.3 Å². The molecule has 164 valence electrons. The molecule has 31 heavy (non-hydrogen) atoms. The fraction of sp³-hybridized carbons (Fsp3) is 0.364. The number of amides is 3. The minimum atomic E-state index is -0.845. The average molecular weight is 433 g/mol. The number of hydrogen-bond donors (Lipinski definition) is 2. The number of halogens is 3. The quantitative estimate of drug-likeness (QED) is 0.701. The van der Waals surface area contributed by atoms with Crippen LogP contribution in [0.1, 0.15) is 19.3 Å². The van der Waals surface area contributed by atoms with Gasteiger partial charge in [-0.1, -0.05) is 0 Å². The Morgan fingerprint density at radius 1 is 1.06 bits per heavy atom. The first-order valence-electron chi connectivity index (χ1n) is 10.1. The second-order valence-electron chi connectivity index (χ2n) is 7.84. The first kappa shape index (κ1) is 21.0. The van der Waals surface area contributed by atoms with Gasteiger partial charge in [0.1, 0.15) is 23.2 Å². The van der Waals surface area contributed by atoms with Crippen molar-refractivity contribution in [3.05, 3.63) is 53.8 Å². The summed E-state index contributed by atoms with van der Waals surface area (Å²) in [4.78, 5) is 26.7. The number of ether oxygens (including phenoxy) is 1. The Bertz CT molecular complexity index is 1000. The van der Waals surface area contributed by atoms with Crippen LogP contribution in [-0.4, -0.2) is 36.5 Å². The number of anilines is 2. The smallest absolute Gasteiger partial charge is 0.321 e. The fourth-order valence-electron chi connectivity index (χ4n) is 4.13. The van der Waals surface area contributed by atoms with Crippen LogP contribution in [0.4, 0.5) is 29.3 Å². The fourth-order valence-corrected chi connectivity index (χ4v) is 4.13. The zero-order valence-corrected chi connectivity index (χ0v) is 16.7. The number of hydrogen-bond acceptors (Lipinski definition) is 3. The summed E-state index contributed by atoms with van der Waals surface area (Å²) < 4.78 is 46.2. The Morgan fingerprint density at radius 3 is 2.65 bits per heavy atom. The number of piperidine rings is 1. The molecule has 2 atom stereocenters. The van der Waals surface area contributed by atoms with Crippen molar-refractivity contribution in [3.63, 3.8) is 0 Å². The monoisotopic (exact) mass is 433 g/mol. The van der Waals surface area contributed by atoms with Crippen molar-refractivity contribution in [2.24, 2.45) is 11.8 Å². The van der Waals surface area contributed by atoms with E-state index in [9.17, 15) is 22.8 Å². The van der Waals surface area contributed by atoms with Crippen molar-refractivity contribution < 1.29 is 27.5 Å². The summed E-state index contributed by atoms with van der Waals surface area (Å²) >= 11 is 0. The van der Waals surface area contributed by atoms with Crippen molar-refractivity contribution in [3.8, 4) is 5.75 Å². The number of urea groups is 1. The number of carbonyl (C=O) groups excluding carboxylic acids is 2. The molecule has 1 fully saturated rings. The van der Waals surface area contributed by atoms with E-state index in [4.69, 9.17) is 4.74 Å². The number of rotatable bonds is 1. The highest BCUT2D eigenvalue weighted by Crippen LogP contribution is 2.33. The Balaban J connectivity index is 1.44. The maximum Gasteiger partial charge on any atom is 0.321 e.